The second-order valence-corrected chi connectivity index (χ2v) is 8.95. The number of hydrogen-bond acceptors (Lipinski definition) is 6. The molecular formula is C28H32N4O4. The molecule has 8 heteroatoms. The van der Waals surface area contributed by atoms with Crippen molar-refractivity contribution in [3.05, 3.63) is 71.4 Å². The van der Waals surface area contributed by atoms with Gasteiger partial charge in [0.15, 0.2) is 0 Å². The Balaban J connectivity index is 1.41. The fourth-order valence-corrected chi connectivity index (χ4v) is 4.50. The van der Waals surface area contributed by atoms with Gasteiger partial charge in [0.05, 0.1) is 18.0 Å². The number of amidine groups is 1. The lowest BCUT2D eigenvalue weighted by Crippen LogP contribution is -2.45. The number of ether oxygens (including phenoxy) is 1. The Morgan fingerprint density at radius 3 is 2.47 bits per heavy atom. The molecule has 2 aromatic carbocycles. The summed E-state index contributed by atoms with van der Waals surface area (Å²) in [7, 11) is 0. The molecule has 2 aliphatic rings. The second-order valence-electron chi connectivity index (χ2n) is 8.95. The first kappa shape index (κ1) is 25.2. The van der Waals surface area contributed by atoms with Crippen LogP contribution in [0.2, 0.25) is 0 Å². The smallest absolute Gasteiger partial charge is 0.343 e. The van der Waals surface area contributed by atoms with E-state index in [4.69, 9.17) is 4.74 Å². The van der Waals surface area contributed by atoms with Crippen LogP contribution < -0.4 is 10.6 Å². The number of anilines is 1. The quantitative estimate of drug-likeness (QED) is 0.600. The second kappa shape index (κ2) is 11.7. The van der Waals surface area contributed by atoms with E-state index in [0.29, 0.717) is 50.2 Å². The van der Waals surface area contributed by atoms with Crippen molar-refractivity contribution < 1.29 is 19.1 Å². The standard InChI is InChI=1S/C28H32N4O4/c1-3-36-28(35)25-19(2)29-22-11-7-8-12-23(22)30-26(25)31-27(34)21-15-17-32(18-16-21)24(33)14-13-20-9-5-4-6-10-20/h4-12,21,29H,3,13-18H2,1-2H3,(H,30,31,34). The first-order chi connectivity index (χ1) is 17.5. The largest absolute Gasteiger partial charge is 0.462 e. The molecule has 0 aromatic heterocycles. The van der Waals surface area contributed by atoms with E-state index in [1.165, 1.54) is 0 Å². The van der Waals surface area contributed by atoms with Crippen LogP contribution >= 0.6 is 0 Å². The molecule has 0 atom stereocenters. The maximum absolute atomic E-state index is 13.2. The lowest BCUT2D eigenvalue weighted by molar-refractivity contribution is -0.138. The number of fused-ring (bicyclic) bond motifs is 1. The number of piperidine rings is 1. The van der Waals surface area contributed by atoms with Crippen LogP contribution in [0.15, 0.2) is 70.9 Å². The highest BCUT2D eigenvalue weighted by Gasteiger charge is 2.31. The first-order valence-electron chi connectivity index (χ1n) is 12.4. The molecule has 1 fully saturated rings. The van der Waals surface area contributed by atoms with Crippen molar-refractivity contribution in [2.45, 2.75) is 39.5 Å². The van der Waals surface area contributed by atoms with Gasteiger partial charge in [0, 0.05) is 31.1 Å². The monoisotopic (exact) mass is 488 g/mol. The molecule has 0 spiro atoms. The van der Waals surface area contributed by atoms with Gasteiger partial charge in [0.25, 0.3) is 0 Å². The predicted molar refractivity (Wildman–Crippen MR) is 139 cm³/mol. The number of carbonyl (C=O) groups is 3. The Kier molecular flexibility index (Phi) is 8.15. The van der Waals surface area contributed by atoms with Crippen LogP contribution in [0.25, 0.3) is 0 Å². The van der Waals surface area contributed by atoms with Crippen LogP contribution in [0.1, 0.15) is 38.7 Å². The number of nitrogens with one attached hydrogen (secondary N) is 2. The summed E-state index contributed by atoms with van der Waals surface area (Å²) in [5, 5.41) is 6.09. The molecular weight excluding hydrogens is 456 g/mol. The minimum Gasteiger partial charge on any atom is -0.462 e. The van der Waals surface area contributed by atoms with E-state index in [0.717, 1.165) is 11.3 Å². The number of amides is 2. The molecule has 0 aliphatic carbocycles. The van der Waals surface area contributed by atoms with E-state index in [1.807, 2.05) is 59.5 Å². The summed E-state index contributed by atoms with van der Waals surface area (Å²) in [5.41, 5.74) is 3.25. The number of nitrogens with zero attached hydrogens (tertiary/aromatic N) is 2. The zero-order chi connectivity index (χ0) is 25.5. The Morgan fingerprint density at radius 1 is 1.06 bits per heavy atom. The number of likely N-dealkylation sites (tertiary alicyclic amines) is 1. The van der Waals surface area contributed by atoms with Crippen LogP contribution in [-0.2, 0) is 25.5 Å². The first-order valence-corrected chi connectivity index (χ1v) is 12.4. The van der Waals surface area contributed by atoms with Gasteiger partial charge in [-0.05, 0) is 50.8 Å². The SMILES string of the molecule is CCOC(=O)C1=C(C)Nc2ccccc2N=C1NC(=O)C1CCN(C(=O)CCc2ccccc2)CC1. The third-order valence-corrected chi connectivity index (χ3v) is 6.48. The zero-order valence-electron chi connectivity index (χ0n) is 20.8. The van der Waals surface area contributed by atoms with Gasteiger partial charge in [0.1, 0.15) is 11.4 Å². The summed E-state index contributed by atoms with van der Waals surface area (Å²) >= 11 is 0. The summed E-state index contributed by atoms with van der Waals surface area (Å²) in [6.07, 6.45) is 2.28. The molecule has 0 bridgehead atoms. The van der Waals surface area contributed by atoms with E-state index in [9.17, 15) is 14.4 Å². The number of para-hydroxylation sites is 2. The zero-order valence-corrected chi connectivity index (χ0v) is 20.8. The normalized spacial score (nSPS) is 15.8. The van der Waals surface area contributed by atoms with Gasteiger partial charge in [-0.2, -0.15) is 0 Å². The van der Waals surface area contributed by atoms with Crippen LogP contribution in [-0.4, -0.2) is 48.2 Å². The van der Waals surface area contributed by atoms with E-state index in [2.05, 4.69) is 15.6 Å². The number of allylic oxidation sites excluding steroid dienone is 1. The van der Waals surface area contributed by atoms with Crippen molar-refractivity contribution in [2.75, 3.05) is 25.0 Å². The summed E-state index contributed by atoms with van der Waals surface area (Å²) in [5.74, 6) is -0.750. The summed E-state index contributed by atoms with van der Waals surface area (Å²) in [6.45, 7) is 4.76. The van der Waals surface area contributed by atoms with Gasteiger partial charge >= 0.3 is 5.97 Å². The fourth-order valence-electron chi connectivity index (χ4n) is 4.50. The third kappa shape index (κ3) is 6.00. The maximum Gasteiger partial charge on any atom is 0.343 e. The Morgan fingerprint density at radius 2 is 1.75 bits per heavy atom. The third-order valence-electron chi connectivity index (χ3n) is 6.48. The van der Waals surface area contributed by atoms with Crippen LogP contribution in [0.4, 0.5) is 11.4 Å². The molecule has 0 saturated carbocycles. The minimum atomic E-state index is -0.548. The van der Waals surface area contributed by atoms with E-state index in [-0.39, 0.29) is 35.7 Å². The fraction of sp³-hybridized carbons (Fsp3) is 0.357. The van der Waals surface area contributed by atoms with E-state index in [1.54, 1.807) is 13.8 Å². The molecule has 188 valence electrons. The van der Waals surface area contributed by atoms with Crippen molar-refractivity contribution >= 4 is 35.0 Å². The Bertz CT molecular complexity index is 1180. The topological polar surface area (TPSA) is 100 Å². The Labute approximate surface area is 211 Å². The maximum atomic E-state index is 13.2. The molecule has 2 aromatic rings. The molecule has 4 rings (SSSR count). The van der Waals surface area contributed by atoms with Gasteiger partial charge in [-0.3, -0.25) is 9.59 Å². The number of aryl methyl sites for hydroxylation is 1. The average molecular weight is 489 g/mol. The number of aliphatic imine (C=N–C) groups is 1. The van der Waals surface area contributed by atoms with Crippen molar-refractivity contribution in [3.8, 4) is 0 Å². The lowest BCUT2D eigenvalue weighted by atomic mass is 9.95. The summed E-state index contributed by atoms with van der Waals surface area (Å²) < 4.78 is 5.25. The number of carbonyl (C=O) groups excluding carboxylic acids is 3. The van der Waals surface area contributed by atoms with Gasteiger partial charge in [0.2, 0.25) is 11.8 Å². The molecule has 2 amide bonds. The molecule has 8 nitrogen and oxygen atoms in total. The number of hydrogen-bond donors (Lipinski definition) is 2. The van der Waals surface area contributed by atoms with Crippen molar-refractivity contribution in [3.63, 3.8) is 0 Å². The highest BCUT2D eigenvalue weighted by Crippen LogP contribution is 2.30. The van der Waals surface area contributed by atoms with E-state index < -0.39 is 5.97 Å². The lowest BCUT2D eigenvalue weighted by Gasteiger charge is -2.31. The number of esters is 1. The van der Waals surface area contributed by atoms with Crippen molar-refractivity contribution in [1.29, 1.82) is 0 Å². The van der Waals surface area contributed by atoms with Crippen molar-refractivity contribution in [1.82, 2.24) is 10.2 Å². The number of benzene rings is 2. The minimum absolute atomic E-state index is 0.108. The van der Waals surface area contributed by atoms with Crippen LogP contribution in [0.5, 0.6) is 0 Å². The average Bonchev–Trinajstić information content (AvgIpc) is 3.03. The summed E-state index contributed by atoms with van der Waals surface area (Å²) in [4.78, 5) is 45.1. The molecule has 2 N–H and O–H groups in total. The number of rotatable bonds is 6. The highest BCUT2D eigenvalue weighted by atomic mass is 16.5. The molecule has 2 aliphatic heterocycles. The molecule has 2 heterocycles. The molecule has 0 radical (unpaired) electrons. The molecule has 1 saturated heterocycles. The van der Waals surface area contributed by atoms with Crippen LogP contribution in [0.3, 0.4) is 0 Å². The van der Waals surface area contributed by atoms with Crippen LogP contribution in [0, 0.1) is 5.92 Å². The van der Waals surface area contributed by atoms with Crippen molar-refractivity contribution in [2.24, 2.45) is 10.9 Å². The molecule has 36 heavy (non-hydrogen) atoms. The Hall–Kier alpha value is -3.94. The highest BCUT2D eigenvalue weighted by molar-refractivity contribution is 6.24. The van der Waals surface area contributed by atoms with E-state index >= 15 is 0 Å². The molecule has 0 unspecified atom stereocenters. The van der Waals surface area contributed by atoms with Gasteiger partial charge in [-0.25, -0.2) is 9.79 Å². The summed E-state index contributed by atoms with van der Waals surface area (Å²) in [6, 6.07) is 17.3. The van der Waals surface area contributed by atoms with Gasteiger partial charge in [-0.1, -0.05) is 42.5 Å². The van der Waals surface area contributed by atoms with Gasteiger partial charge < -0.3 is 20.3 Å². The predicted octanol–water partition coefficient (Wildman–Crippen LogP) is 3.97. The van der Waals surface area contributed by atoms with Gasteiger partial charge in [-0.15, -0.1) is 0 Å².